The van der Waals surface area contributed by atoms with Crippen LogP contribution in [0.3, 0.4) is 0 Å². The van der Waals surface area contributed by atoms with Crippen molar-refractivity contribution in [2.45, 2.75) is 44.5 Å². The summed E-state index contributed by atoms with van der Waals surface area (Å²) in [6.45, 7) is 4.16. The fourth-order valence-electron chi connectivity index (χ4n) is 3.33. The summed E-state index contributed by atoms with van der Waals surface area (Å²) >= 11 is 0. The molecule has 0 unspecified atom stereocenters. The van der Waals surface area contributed by atoms with E-state index in [0.29, 0.717) is 6.61 Å². The second-order valence-electron chi connectivity index (χ2n) is 6.40. The first kappa shape index (κ1) is 20.2. The number of benzene rings is 1. The molecule has 1 aliphatic rings. The number of hydrogen-bond donors (Lipinski definition) is 1. The highest BCUT2D eigenvalue weighted by Gasteiger charge is 2.36. The van der Waals surface area contributed by atoms with Gasteiger partial charge in [-0.05, 0) is 43.4 Å². The molecule has 0 saturated carbocycles. The lowest BCUT2D eigenvalue weighted by Gasteiger charge is -2.31. The van der Waals surface area contributed by atoms with E-state index in [4.69, 9.17) is 14.2 Å². The average Bonchev–Trinajstić information content (AvgIpc) is 2.68. The molecule has 26 heavy (non-hydrogen) atoms. The smallest absolute Gasteiger partial charge is 0.313 e. The molecule has 1 aromatic rings. The van der Waals surface area contributed by atoms with Gasteiger partial charge in [-0.25, -0.2) is 0 Å². The third-order valence-electron chi connectivity index (χ3n) is 4.75. The molecule has 5 heteroatoms. The first-order chi connectivity index (χ1) is 12.6. The summed E-state index contributed by atoms with van der Waals surface area (Å²) in [5.41, 5.74) is 1.90. The van der Waals surface area contributed by atoms with E-state index in [9.17, 15) is 9.90 Å². The Morgan fingerprint density at radius 3 is 2.50 bits per heavy atom. The molecule has 142 valence electrons. The van der Waals surface area contributed by atoms with Crippen LogP contribution >= 0.6 is 0 Å². The highest BCUT2D eigenvalue weighted by Crippen LogP contribution is 2.30. The Kier molecular flexibility index (Phi) is 7.88. The predicted molar refractivity (Wildman–Crippen MR) is 100 cm³/mol. The van der Waals surface area contributed by atoms with E-state index in [1.165, 1.54) is 7.11 Å². The van der Waals surface area contributed by atoms with E-state index >= 15 is 0 Å². The Morgan fingerprint density at radius 1 is 1.27 bits per heavy atom. The lowest BCUT2D eigenvalue weighted by atomic mass is 9.83. The predicted octanol–water partition coefficient (Wildman–Crippen LogP) is 3.98. The van der Waals surface area contributed by atoms with E-state index in [0.717, 1.165) is 42.6 Å². The Hall–Kier alpha value is -2.11. The molecule has 0 fully saturated rings. The van der Waals surface area contributed by atoms with Crippen LogP contribution in [0.5, 0.6) is 5.75 Å². The maximum absolute atomic E-state index is 11.9. The fourth-order valence-corrected chi connectivity index (χ4v) is 3.33. The molecule has 0 amide bonds. The Labute approximate surface area is 155 Å². The second-order valence-corrected chi connectivity index (χ2v) is 6.40. The van der Waals surface area contributed by atoms with Crippen LogP contribution in [-0.4, -0.2) is 37.5 Å². The second kappa shape index (κ2) is 10.1. The standard InChI is InChI=1S/C21H28O5/c1-4-18(26-14-15-10-12-17(24-2)13-11-15)20(25-3)19(21(22)23)16-8-6-5-7-9-16/h4,8,10-13,18-20H,1,5-7,9,14H2,2-3H3,(H,22,23)/t18-,19+,20-/m1/s1. The molecule has 3 atom stereocenters. The summed E-state index contributed by atoms with van der Waals surface area (Å²) in [5.74, 6) is -0.831. The number of aliphatic carboxylic acids is 1. The number of allylic oxidation sites excluding steroid dienone is 1. The summed E-state index contributed by atoms with van der Waals surface area (Å²) in [7, 11) is 3.14. The van der Waals surface area contributed by atoms with Crippen LogP contribution in [0.15, 0.2) is 48.6 Å². The summed E-state index contributed by atoms with van der Waals surface area (Å²) in [5, 5.41) is 9.79. The van der Waals surface area contributed by atoms with Crippen molar-refractivity contribution in [3.63, 3.8) is 0 Å². The molecule has 2 rings (SSSR count). The molecule has 0 aromatic heterocycles. The molecule has 0 heterocycles. The van der Waals surface area contributed by atoms with Gasteiger partial charge in [0.25, 0.3) is 0 Å². The highest BCUT2D eigenvalue weighted by atomic mass is 16.5. The SMILES string of the molecule is C=C[C@@H](OCc1ccc(OC)cc1)[C@@H](OC)[C@@H](C(=O)O)C1=CCCCC1. The monoisotopic (exact) mass is 360 g/mol. The third-order valence-corrected chi connectivity index (χ3v) is 4.75. The van der Waals surface area contributed by atoms with Crippen molar-refractivity contribution in [1.82, 2.24) is 0 Å². The molecular weight excluding hydrogens is 332 g/mol. The zero-order chi connectivity index (χ0) is 18.9. The van der Waals surface area contributed by atoms with E-state index in [1.54, 1.807) is 13.2 Å². The fraction of sp³-hybridized carbons (Fsp3) is 0.476. The summed E-state index contributed by atoms with van der Waals surface area (Å²) in [4.78, 5) is 11.9. The quantitative estimate of drug-likeness (QED) is 0.639. The van der Waals surface area contributed by atoms with Crippen molar-refractivity contribution in [2.24, 2.45) is 5.92 Å². The Bertz CT molecular complexity index is 620. The molecule has 1 aliphatic carbocycles. The van der Waals surface area contributed by atoms with Gasteiger partial charge in [-0.1, -0.05) is 29.9 Å². The van der Waals surface area contributed by atoms with E-state index < -0.39 is 24.1 Å². The van der Waals surface area contributed by atoms with Crippen LogP contribution in [-0.2, 0) is 20.9 Å². The van der Waals surface area contributed by atoms with Crippen molar-refractivity contribution in [3.05, 3.63) is 54.1 Å². The molecule has 5 nitrogen and oxygen atoms in total. The molecule has 1 aromatic carbocycles. The lowest BCUT2D eigenvalue weighted by Crippen LogP contribution is -2.41. The third kappa shape index (κ3) is 5.19. The van der Waals surface area contributed by atoms with E-state index in [1.807, 2.05) is 30.3 Å². The van der Waals surface area contributed by atoms with E-state index in [-0.39, 0.29) is 0 Å². The van der Waals surface area contributed by atoms with Crippen LogP contribution in [0.2, 0.25) is 0 Å². The lowest BCUT2D eigenvalue weighted by molar-refractivity contribution is -0.149. The van der Waals surface area contributed by atoms with Gasteiger partial charge in [-0.3, -0.25) is 4.79 Å². The van der Waals surface area contributed by atoms with Gasteiger partial charge in [-0.15, -0.1) is 6.58 Å². The summed E-state index contributed by atoms with van der Waals surface area (Å²) in [6.07, 6.45) is 6.34. The van der Waals surface area contributed by atoms with Crippen LogP contribution < -0.4 is 4.74 Å². The van der Waals surface area contributed by atoms with Crippen LogP contribution in [0, 0.1) is 5.92 Å². The molecule has 0 radical (unpaired) electrons. The molecule has 0 spiro atoms. The number of carbonyl (C=O) groups is 1. The maximum Gasteiger partial charge on any atom is 0.313 e. The summed E-state index contributed by atoms with van der Waals surface area (Å²) < 4.78 is 16.7. The van der Waals surface area contributed by atoms with Crippen molar-refractivity contribution < 1.29 is 24.1 Å². The minimum absolute atomic E-state index is 0.339. The van der Waals surface area contributed by atoms with Gasteiger partial charge in [0, 0.05) is 7.11 Å². The van der Waals surface area contributed by atoms with Gasteiger partial charge in [0.1, 0.15) is 23.9 Å². The van der Waals surface area contributed by atoms with E-state index in [2.05, 4.69) is 6.58 Å². The van der Waals surface area contributed by atoms with Gasteiger partial charge >= 0.3 is 5.97 Å². The normalized spacial score (nSPS) is 17.7. The number of ether oxygens (including phenoxy) is 3. The largest absolute Gasteiger partial charge is 0.497 e. The van der Waals surface area contributed by atoms with Gasteiger partial charge in [-0.2, -0.15) is 0 Å². The van der Waals surface area contributed by atoms with Gasteiger partial charge in [0.15, 0.2) is 0 Å². The maximum atomic E-state index is 11.9. The van der Waals surface area contributed by atoms with Crippen LogP contribution in [0.1, 0.15) is 31.2 Å². The molecule has 0 aliphatic heterocycles. The van der Waals surface area contributed by atoms with Crippen molar-refractivity contribution in [1.29, 1.82) is 0 Å². The van der Waals surface area contributed by atoms with Gasteiger partial charge in [0.05, 0.1) is 13.7 Å². The van der Waals surface area contributed by atoms with Crippen LogP contribution in [0.25, 0.3) is 0 Å². The minimum atomic E-state index is -0.884. The van der Waals surface area contributed by atoms with Gasteiger partial charge < -0.3 is 19.3 Å². The molecule has 0 bridgehead atoms. The average molecular weight is 360 g/mol. The Balaban J connectivity index is 2.11. The molecule has 1 N–H and O–H groups in total. The Morgan fingerprint density at radius 2 is 2.00 bits per heavy atom. The van der Waals surface area contributed by atoms with Crippen molar-refractivity contribution in [3.8, 4) is 5.75 Å². The van der Waals surface area contributed by atoms with Crippen molar-refractivity contribution >= 4 is 5.97 Å². The number of hydrogen-bond acceptors (Lipinski definition) is 4. The van der Waals surface area contributed by atoms with Crippen molar-refractivity contribution in [2.75, 3.05) is 14.2 Å². The number of rotatable bonds is 10. The number of methoxy groups -OCH3 is 2. The zero-order valence-corrected chi connectivity index (χ0v) is 15.5. The molecular formula is C21H28O5. The highest BCUT2D eigenvalue weighted by molar-refractivity contribution is 5.74. The first-order valence-electron chi connectivity index (χ1n) is 8.92. The summed E-state index contributed by atoms with van der Waals surface area (Å²) in [6, 6.07) is 7.56. The number of carboxylic acids is 1. The van der Waals surface area contributed by atoms with Gasteiger partial charge in [0.2, 0.25) is 0 Å². The first-order valence-corrected chi connectivity index (χ1v) is 8.92. The topological polar surface area (TPSA) is 65.0 Å². The zero-order valence-electron chi connectivity index (χ0n) is 15.5. The molecule has 0 saturated heterocycles. The minimum Gasteiger partial charge on any atom is -0.497 e. The number of carboxylic acid groups (broad SMARTS) is 1. The van der Waals surface area contributed by atoms with Crippen LogP contribution in [0.4, 0.5) is 0 Å².